The molecule has 0 aromatic heterocycles. The number of nitrogens with one attached hydrogen (secondary N) is 1. The van der Waals surface area contributed by atoms with Gasteiger partial charge in [-0.15, -0.1) is 0 Å². The Labute approximate surface area is 104 Å². The molecule has 0 saturated heterocycles. The van der Waals surface area contributed by atoms with Crippen molar-refractivity contribution < 1.29 is 4.74 Å². The number of hydrogen-bond donors (Lipinski definition) is 1. The van der Waals surface area contributed by atoms with Gasteiger partial charge in [0.2, 0.25) is 0 Å². The van der Waals surface area contributed by atoms with Crippen LogP contribution in [0.2, 0.25) is 0 Å². The second kappa shape index (κ2) is 5.41. The molecule has 0 heterocycles. The van der Waals surface area contributed by atoms with Gasteiger partial charge in [-0.1, -0.05) is 6.07 Å². The molecule has 0 bridgehead atoms. The average molecular weight is 234 g/mol. The molecule has 0 amide bonds. The van der Waals surface area contributed by atoms with Crippen molar-refractivity contribution in [2.45, 2.75) is 18.9 Å². The van der Waals surface area contributed by atoms with E-state index in [0.717, 1.165) is 18.3 Å². The molecule has 1 saturated carbocycles. The van der Waals surface area contributed by atoms with Crippen molar-refractivity contribution in [2.24, 2.45) is 5.92 Å². The summed E-state index contributed by atoms with van der Waals surface area (Å²) in [6.45, 7) is 0.762. The largest absolute Gasteiger partial charge is 0.492 e. The third-order valence-electron chi connectivity index (χ3n) is 3.33. The van der Waals surface area contributed by atoms with Crippen LogP contribution < -0.4 is 15.0 Å². The van der Waals surface area contributed by atoms with E-state index in [1.54, 1.807) is 0 Å². The van der Waals surface area contributed by atoms with Crippen LogP contribution in [0.15, 0.2) is 24.3 Å². The van der Waals surface area contributed by atoms with Crippen molar-refractivity contribution in [2.75, 3.05) is 32.6 Å². The van der Waals surface area contributed by atoms with Gasteiger partial charge in [-0.25, -0.2) is 0 Å². The number of anilines is 1. The van der Waals surface area contributed by atoms with Gasteiger partial charge >= 0.3 is 0 Å². The fourth-order valence-corrected chi connectivity index (χ4v) is 1.99. The highest BCUT2D eigenvalue weighted by molar-refractivity contribution is 5.49. The normalized spacial score (nSPS) is 16.6. The van der Waals surface area contributed by atoms with Crippen molar-refractivity contribution >= 4 is 5.69 Å². The minimum absolute atomic E-state index is 0.498. The van der Waals surface area contributed by atoms with Crippen molar-refractivity contribution in [1.29, 1.82) is 0 Å². The van der Waals surface area contributed by atoms with Gasteiger partial charge in [0.15, 0.2) is 0 Å². The van der Waals surface area contributed by atoms with E-state index >= 15 is 0 Å². The maximum Gasteiger partial charge on any atom is 0.121 e. The van der Waals surface area contributed by atoms with Gasteiger partial charge in [-0.2, -0.15) is 0 Å². The minimum atomic E-state index is 0.498. The quantitative estimate of drug-likeness (QED) is 0.816. The first-order chi connectivity index (χ1) is 8.20. The van der Waals surface area contributed by atoms with Gasteiger partial charge in [0.05, 0.1) is 0 Å². The summed E-state index contributed by atoms with van der Waals surface area (Å²) in [5.41, 5.74) is 1.18. The second-order valence-electron chi connectivity index (χ2n) is 4.94. The highest BCUT2D eigenvalue weighted by Crippen LogP contribution is 2.32. The summed E-state index contributed by atoms with van der Waals surface area (Å²) in [6, 6.07) is 8.73. The summed E-state index contributed by atoms with van der Waals surface area (Å²) in [6.07, 6.45) is 2.68. The molecule has 0 radical (unpaired) electrons. The molecule has 0 spiro atoms. The Morgan fingerprint density at radius 3 is 2.76 bits per heavy atom. The van der Waals surface area contributed by atoms with Crippen molar-refractivity contribution in [1.82, 2.24) is 5.32 Å². The monoisotopic (exact) mass is 234 g/mol. The zero-order valence-electron chi connectivity index (χ0n) is 10.9. The van der Waals surface area contributed by atoms with Crippen LogP contribution in [-0.4, -0.2) is 33.8 Å². The Morgan fingerprint density at radius 1 is 1.41 bits per heavy atom. The lowest BCUT2D eigenvalue weighted by atomic mass is 10.2. The maximum atomic E-state index is 5.86. The molecule has 1 unspecified atom stereocenters. The number of hydrogen-bond acceptors (Lipinski definition) is 3. The standard InChI is InChI=1S/C14H22N2O/c1-15-14(11-7-8-11)10-17-13-6-4-5-12(9-13)16(2)3/h4-6,9,11,14-15H,7-8,10H2,1-3H3. The zero-order valence-corrected chi connectivity index (χ0v) is 10.9. The molecule has 1 atom stereocenters. The fraction of sp³-hybridized carbons (Fsp3) is 0.571. The first kappa shape index (κ1) is 12.2. The average Bonchev–Trinajstić information content (AvgIpc) is 3.15. The molecule has 94 valence electrons. The summed E-state index contributed by atoms with van der Waals surface area (Å²) in [7, 11) is 6.10. The molecule has 3 heteroatoms. The zero-order chi connectivity index (χ0) is 12.3. The van der Waals surface area contributed by atoms with Crippen molar-refractivity contribution in [3.63, 3.8) is 0 Å². The number of benzene rings is 1. The summed E-state index contributed by atoms with van der Waals surface area (Å²) < 4.78 is 5.86. The molecule has 1 aromatic carbocycles. The van der Waals surface area contributed by atoms with E-state index in [0.29, 0.717) is 6.04 Å². The molecule has 1 aliphatic carbocycles. The molecule has 3 nitrogen and oxygen atoms in total. The smallest absolute Gasteiger partial charge is 0.121 e. The number of nitrogens with zero attached hydrogens (tertiary/aromatic N) is 1. The van der Waals surface area contributed by atoms with E-state index in [1.165, 1.54) is 18.5 Å². The van der Waals surface area contributed by atoms with Crippen molar-refractivity contribution in [3.8, 4) is 5.75 Å². The number of ether oxygens (including phenoxy) is 1. The van der Waals surface area contributed by atoms with Crippen LogP contribution in [0.4, 0.5) is 5.69 Å². The molecule has 1 aliphatic rings. The molecule has 2 rings (SSSR count). The molecule has 0 aliphatic heterocycles. The molecule has 1 N–H and O–H groups in total. The van der Waals surface area contributed by atoms with Gasteiger partial charge in [0, 0.05) is 31.9 Å². The Kier molecular flexibility index (Phi) is 3.89. The van der Waals surface area contributed by atoms with Gasteiger partial charge in [-0.05, 0) is 37.9 Å². The van der Waals surface area contributed by atoms with Gasteiger partial charge in [0.25, 0.3) is 0 Å². The first-order valence-electron chi connectivity index (χ1n) is 6.28. The molecule has 17 heavy (non-hydrogen) atoms. The highest BCUT2D eigenvalue weighted by atomic mass is 16.5. The van der Waals surface area contributed by atoms with Crippen LogP contribution in [-0.2, 0) is 0 Å². The van der Waals surface area contributed by atoms with E-state index in [2.05, 4.69) is 22.3 Å². The van der Waals surface area contributed by atoms with E-state index in [4.69, 9.17) is 4.74 Å². The Bertz CT molecular complexity index is 361. The summed E-state index contributed by atoms with van der Waals surface area (Å²) in [4.78, 5) is 2.09. The third-order valence-corrected chi connectivity index (χ3v) is 3.33. The lowest BCUT2D eigenvalue weighted by Gasteiger charge is -2.18. The van der Waals surface area contributed by atoms with Gasteiger partial charge in [-0.3, -0.25) is 0 Å². The molecular formula is C14H22N2O. The predicted octanol–water partition coefficient (Wildman–Crippen LogP) is 2.13. The number of likely N-dealkylation sites (N-methyl/N-ethyl adjacent to an activating group) is 1. The predicted molar refractivity (Wildman–Crippen MR) is 71.8 cm³/mol. The van der Waals surface area contributed by atoms with E-state index in [-0.39, 0.29) is 0 Å². The first-order valence-corrected chi connectivity index (χ1v) is 6.28. The summed E-state index contributed by atoms with van der Waals surface area (Å²) >= 11 is 0. The Hall–Kier alpha value is -1.22. The van der Waals surface area contributed by atoms with Crippen molar-refractivity contribution in [3.05, 3.63) is 24.3 Å². The van der Waals surface area contributed by atoms with Crippen LogP contribution in [0.25, 0.3) is 0 Å². The van der Waals surface area contributed by atoms with Crippen LogP contribution in [0, 0.1) is 5.92 Å². The van der Waals surface area contributed by atoms with Gasteiger partial charge < -0.3 is 15.0 Å². The summed E-state index contributed by atoms with van der Waals surface area (Å²) in [5.74, 6) is 1.77. The van der Waals surface area contributed by atoms with E-state index in [1.807, 2.05) is 33.3 Å². The lowest BCUT2D eigenvalue weighted by Crippen LogP contribution is -2.33. The van der Waals surface area contributed by atoms with Crippen LogP contribution in [0.5, 0.6) is 5.75 Å². The van der Waals surface area contributed by atoms with Crippen LogP contribution in [0.3, 0.4) is 0 Å². The SMILES string of the molecule is CNC(COc1cccc(N(C)C)c1)C1CC1. The topological polar surface area (TPSA) is 24.5 Å². The number of rotatable bonds is 6. The highest BCUT2D eigenvalue weighted by Gasteiger charge is 2.30. The van der Waals surface area contributed by atoms with Gasteiger partial charge in [0.1, 0.15) is 12.4 Å². The van der Waals surface area contributed by atoms with E-state index < -0.39 is 0 Å². The lowest BCUT2D eigenvalue weighted by molar-refractivity contribution is 0.256. The fourth-order valence-electron chi connectivity index (χ4n) is 1.99. The second-order valence-corrected chi connectivity index (χ2v) is 4.94. The Balaban J connectivity index is 1.91. The molecular weight excluding hydrogens is 212 g/mol. The third kappa shape index (κ3) is 3.37. The molecule has 1 fully saturated rings. The van der Waals surface area contributed by atoms with Crippen LogP contribution in [0.1, 0.15) is 12.8 Å². The maximum absolute atomic E-state index is 5.86. The molecule has 1 aromatic rings. The van der Waals surface area contributed by atoms with Crippen LogP contribution >= 0.6 is 0 Å². The summed E-state index contributed by atoms with van der Waals surface area (Å²) in [5, 5.41) is 3.34. The van der Waals surface area contributed by atoms with E-state index in [9.17, 15) is 0 Å². The Morgan fingerprint density at radius 2 is 2.18 bits per heavy atom. The minimum Gasteiger partial charge on any atom is -0.492 e.